The number of nitrogens with one attached hydrogen (secondary N) is 1. The summed E-state index contributed by atoms with van der Waals surface area (Å²) < 4.78 is 22.8. The van der Waals surface area contributed by atoms with Gasteiger partial charge < -0.3 is 65.1 Å². The summed E-state index contributed by atoms with van der Waals surface area (Å²) in [4.78, 5) is 13.3. The number of aliphatic hydroxyl groups excluding tert-OH is 8. The molecule has 0 aromatic heterocycles. The molecule has 14 nitrogen and oxygen atoms in total. The highest BCUT2D eigenvalue weighted by molar-refractivity contribution is 5.76. The van der Waals surface area contributed by atoms with E-state index >= 15 is 0 Å². The molecule has 0 saturated carbocycles. The predicted molar refractivity (Wildman–Crippen MR) is 309 cm³/mol. The third-order valence-electron chi connectivity index (χ3n) is 15.6. The third-order valence-corrected chi connectivity index (χ3v) is 15.6. The number of amides is 1. The topological polar surface area (TPSA) is 228 Å². The molecule has 0 radical (unpaired) electrons. The highest BCUT2D eigenvalue weighted by atomic mass is 16.7. The molecule has 0 aromatic rings. The number of carbonyl (C=O) groups is 1. The van der Waals surface area contributed by atoms with Crippen molar-refractivity contribution in [1.82, 2.24) is 5.32 Å². The van der Waals surface area contributed by atoms with Crippen molar-refractivity contribution in [2.45, 2.75) is 338 Å². The number of ether oxygens (including phenoxy) is 4. The average molecular weight is 1100 g/mol. The fourth-order valence-corrected chi connectivity index (χ4v) is 10.4. The second-order valence-corrected chi connectivity index (χ2v) is 22.5. The first-order chi connectivity index (χ1) is 37.6. The zero-order valence-electron chi connectivity index (χ0n) is 48.7. The first-order valence-electron chi connectivity index (χ1n) is 31.7. The number of allylic oxidation sites excluding steroid dienone is 5. The number of unbranched alkanes of at least 4 members (excludes halogenated alkanes) is 34. The summed E-state index contributed by atoms with van der Waals surface area (Å²) in [7, 11) is 0. The van der Waals surface area contributed by atoms with Crippen molar-refractivity contribution < 1.29 is 64.6 Å². The standard InChI is InChI=1S/C63H117NO13/c1-3-5-7-9-11-13-15-17-19-21-23-25-27-29-31-33-35-37-39-41-43-45-47-55(68)64-51(52(67)46-44-42-40-38-36-34-32-30-28-26-24-22-20-18-16-14-12-10-8-6-4-2)50-74-62-60(73)58(71)61(54(49-66)76-62)77-63-59(72)57(70)56(69)53(48-65)75-63/h28,30,36,38,44,46,51-54,56-63,65-67,69-73H,3-27,29,31-35,37,39-43,45,47-50H2,1-2H3,(H,64,68)/b30-28+,38-36+,46-44+. The fourth-order valence-electron chi connectivity index (χ4n) is 10.4. The normalized spacial score (nSPS) is 24.9. The summed E-state index contributed by atoms with van der Waals surface area (Å²) in [6, 6.07) is -0.936. The molecule has 0 aromatic carbocycles. The van der Waals surface area contributed by atoms with Crippen LogP contribution in [0.5, 0.6) is 0 Å². The number of hydrogen-bond acceptors (Lipinski definition) is 13. The molecule has 12 unspecified atom stereocenters. The molecule has 12 atom stereocenters. The minimum Gasteiger partial charge on any atom is -0.394 e. The van der Waals surface area contributed by atoms with Crippen molar-refractivity contribution in [1.29, 1.82) is 0 Å². The zero-order valence-corrected chi connectivity index (χ0v) is 48.7. The van der Waals surface area contributed by atoms with Gasteiger partial charge in [-0.3, -0.25) is 4.79 Å². The summed E-state index contributed by atoms with van der Waals surface area (Å²) in [5.41, 5.74) is 0. The number of hydrogen-bond donors (Lipinski definition) is 9. The van der Waals surface area contributed by atoms with Crippen LogP contribution in [0.25, 0.3) is 0 Å². The van der Waals surface area contributed by atoms with E-state index in [0.29, 0.717) is 12.8 Å². The molecule has 9 N–H and O–H groups in total. The van der Waals surface area contributed by atoms with Gasteiger partial charge >= 0.3 is 0 Å². The van der Waals surface area contributed by atoms with E-state index in [2.05, 4.69) is 43.5 Å². The highest BCUT2D eigenvalue weighted by Gasteiger charge is 2.51. The molecule has 452 valence electrons. The minimum atomic E-state index is -1.79. The van der Waals surface area contributed by atoms with E-state index in [1.54, 1.807) is 6.08 Å². The zero-order chi connectivity index (χ0) is 56.0. The van der Waals surface area contributed by atoms with E-state index in [9.17, 15) is 45.6 Å². The van der Waals surface area contributed by atoms with Crippen molar-refractivity contribution in [3.63, 3.8) is 0 Å². The Labute approximate surface area is 468 Å². The summed E-state index contributed by atoms with van der Waals surface area (Å²) in [6.45, 7) is 2.80. The number of aliphatic hydroxyl groups is 8. The Morgan fingerprint density at radius 2 is 0.831 bits per heavy atom. The minimum absolute atomic E-state index is 0.249. The number of carbonyl (C=O) groups excluding carboxylic acids is 1. The molecule has 0 aliphatic carbocycles. The molecule has 2 rings (SSSR count). The maximum atomic E-state index is 13.3. The molecule has 1 amide bonds. The lowest BCUT2D eigenvalue weighted by molar-refractivity contribution is -0.359. The van der Waals surface area contributed by atoms with E-state index in [1.165, 1.54) is 186 Å². The van der Waals surface area contributed by atoms with Crippen molar-refractivity contribution >= 4 is 5.91 Å². The average Bonchev–Trinajstić information content (AvgIpc) is 3.44. The quantitative estimate of drug-likeness (QED) is 0.0204. The van der Waals surface area contributed by atoms with Gasteiger partial charge in [0.15, 0.2) is 12.6 Å². The van der Waals surface area contributed by atoms with Crippen molar-refractivity contribution in [2.75, 3.05) is 19.8 Å². The van der Waals surface area contributed by atoms with Crippen LogP contribution >= 0.6 is 0 Å². The van der Waals surface area contributed by atoms with Gasteiger partial charge in [-0.05, 0) is 44.9 Å². The van der Waals surface area contributed by atoms with Crippen molar-refractivity contribution in [3.8, 4) is 0 Å². The Morgan fingerprint density at radius 1 is 0.455 bits per heavy atom. The molecule has 0 spiro atoms. The Hall–Kier alpha value is -1.79. The molecule has 2 saturated heterocycles. The van der Waals surface area contributed by atoms with Crippen LogP contribution in [0.4, 0.5) is 0 Å². The van der Waals surface area contributed by atoms with E-state index in [1.807, 2.05) is 6.08 Å². The second-order valence-electron chi connectivity index (χ2n) is 22.5. The first-order valence-corrected chi connectivity index (χ1v) is 31.7. The van der Waals surface area contributed by atoms with Gasteiger partial charge in [0, 0.05) is 6.42 Å². The Kier molecular flexibility index (Phi) is 45.3. The molecule has 77 heavy (non-hydrogen) atoms. The van der Waals surface area contributed by atoms with Gasteiger partial charge in [0.25, 0.3) is 0 Å². The molecule has 2 aliphatic heterocycles. The monoisotopic (exact) mass is 1100 g/mol. The Bertz CT molecular complexity index is 1430. The largest absolute Gasteiger partial charge is 0.394 e. The van der Waals surface area contributed by atoms with Crippen molar-refractivity contribution in [3.05, 3.63) is 36.5 Å². The van der Waals surface area contributed by atoms with Crippen LogP contribution < -0.4 is 5.32 Å². The lowest BCUT2D eigenvalue weighted by Gasteiger charge is -2.46. The lowest BCUT2D eigenvalue weighted by Crippen LogP contribution is -2.65. The highest BCUT2D eigenvalue weighted by Crippen LogP contribution is 2.30. The van der Waals surface area contributed by atoms with Crippen LogP contribution in [-0.4, -0.2) is 140 Å². The molecule has 0 bridgehead atoms. The molecule has 2 fully saturated rings. The van der Waals surface area contributed by atoms with Crippen LogP contribution in [0.15, 0.2) is 36.5 Å². The predicted octanol–water partition coefficient (Wildman–Crippen LogP) is 11.4. The van der Waals surface area contributed by atoms with Crippen LogP contribution in [0.2, 0.25) is 0 Å². The Balaban J connectivity index is 1.76. The third kappa shape index (κ3) is 34.3. The van der Waals surface area contributed by atoms with Gasteiger partial charge in [-0.25, -0.2) is 0 Å². The summed E-state index contributed by atoms with van der Waals surface area (Å²) in [5, 5.41) is 87.2. The van der Waals surface area contributed by atoms with Gasteiger partial charge in [0.1, 0.15) is 48.8 Å². The van der Waals surface area contributed by atoms with Crippen LogP contribution in [0, 0.1) is 0 Å². The van der Waals surface area contributed by atoms with E-state index in [0.717, 1.165) is 44.9 Å². The molecular weight excluding hydrogens is 979 g/mol. The van der Waals surface area contributed by atoms with Gasteiger partial charge in [-0.1, -0.05) is 249 Å². The fraction of sp³-hybridized carbons (Fsp3) is 0.889. The van der Waals surface area contributed by atoms with Crippen LogP contribution in [0.1, 0.15) is 264 Å². The van der Waals surface area contributed by atoms with Gasteiger partial charge in [-0.15, -0.1) is 0 Å². The van der Waals surface area contributed by atoms with E-state index in [4.69, 9.17) is 18.9 Å². The lowest BCUT2D eigenvalue weighted by atomic mass is 9.97. The second kappa shape index (κ2) is 48.9. The maximum absolute atomic E-state index is 13.3. The van der Waals surface area contributed by atoms with Gasteiger partial charge in [-0.2, -0.15) is 0 Å². The molecule has 14 heteroatoms. The first kappa shape index (κ1) is 71.3. The van der Waals surface area contributed by atoms with Crippen LogP contribution in [0.3, 0.4) is 0 Å². The van der Waals surface area contributed by atoms with E-state index < -0.39 is 86.8 Å². The maximum Gasteiger partial charge on any atom is 0.220 e. The summed E-state index contributed by atoms with van der Waals surface area (Å²) in [5.74, 6) is -0.249. The summed E-state index contributed by atoms with van der Waals surface area (Å²) >= 11 is 0. The SMILES string of the molecule is CCCCCCCCCCCCC/C=C/CC/C=C/CC/C=C/C(O)C(COC1OC(CO)C(OC2OC(CO)C(O)C(O)C2O)C(O)C1O)NC(=O)CCCCCCCCCCCCCCCCCCCCCCCC. The Morgan fingerprint density at radius 3 is 1.27 bits per heavy atom. The van der Waals surface area contributed by atoms with Crippen molar-refractivity contribution in [2.24, 2.45) is 0 Å². The smallest absolute Gasteiger partial charge is 0.220 e. The molecule has 2 heterocycles. The van der Waals surface area contributed by atoms with E-state index in [-0.39, 0.29) is 18.9 Å². The number of rotatable bonds is 51. The summed E-state index contributed by atoms with van der Waals surface area (Å²) in [6.07, 6.45) is 43.3. The molecular formula is C63H117NO13. The van der Waals surface area contributed by atoms with Gasteiger partial charge in [0.05, 0.1) is 32.0 Å². The van der Waals surface area contributed by atoms with Crippen LogP contribution in [-0.2, 0) is 23.7 Å². The van der Waals surface area contributed by atoms with Gasteiger partial charge in [0.2, 0.25) is 5.91 Å². The molecule has 2 aliphatic rings.